The fourth-order valence-electron chi connectivity index (χ4n) is 1.95. The minimum atomic E-state index is -0.836. The second kappa shape index (κ2) is 14.6. The van der Waals surface area contributed by atoms with Crippen LogP contribution in [-0.2, 0) is 34.4 Å². The molecule has 0 atom stereocenters. The summed E-state index contributed by atoms with van der Waals surface area (Å²) in [6, 6.07) is 0. The van der Waals surface area contributed by atoms with Crippen molar-refractivity contribution >= 4 is 40.1 Å². The van der Waals surface area contributed by atoms with Crippen molar-refractivity contribution in [3.63, 3.8) is 0 Å². The van der Waals surface area contributed by atoms with Crippen LogP contribution in [0.4, 0.5) is 0 Å². The van der Waals surface area contributed by atoms with Gasteiger partial charge in [-0.15, -0.1) is 11.8 Å². The summed E-state index contributed by atoms with van der Waals surface area (Å²) >= 11 is 6.89. The molecule has 125 valence electrons. The van der Waals surface area contributed by atoms with Gasteiger partial charge in [-0.2, -0.15) is 0 Å². The van der Waals surface area contributed by atoms with Crippen LogP contribution in [0.3, 0.4) is 0 Å². The van der Waals surface area contributed by atoms with Crippen LogP contribution in [0.5, 0.6) is 0 Å². The first-order valence-corrected chi connectivity index (χ1v) is 8.45. The normalized spacial score (nSPS) is 12.3. The summed E-state index contributed by atoms with van der Waals surface area (Å²) in [5.41, 5.74) is 2.37. The smallest absolute Gasteiger partial charge is 0.512 e. The van der Waals surface area contributed by atoms with E-state index < -0.39 is 11.9 Å². The minimum Gasteiger partial charge on any atom is -0.512 e. The maximum Gasteiger partial charge on any atom is 4.00 e. The number of thiocarbonyl (C=S) groups is 1. The molecule has 0 fully saturated rings. The molecule has 0 spiro atoms. The molecule has 0 aliphatic heterocycles. The number of ether oxygens (including phenoxy) is 1. The van der Waals surface area contributed by atoms with Crippen molar-refractivity contribution in [2.75, 3.05) is 26.0 Å². The Kier molecular flexibility index (Phi) is 15.5. The number of rotatable bonds is 6. The summed E-state index contributed by atoms with van der Waals surface area (Å²) in [6.07, 6.45) is 5.08. The summed E-state index contributed by atoms with van der Waals surface area (Å²) in [5.74, 6) is -1.54. The van der Waals surface area contributed by atoms with E-state index in [9.17, 15) is 9.59 Å². The van der Waals surface area contributed by atoms with Crippen LogP contribution < -0.4 is 10.6 Å². The third-order valence-electron chi connectivity index (χ3n) is 2.86. The number of amides is 1. The van der Waals surface area contributed by atoms with Gasteiger partial charge in [0.15, 0.2) is 0 Å². The van der Waals surface area contributed by atoms with E-state index in [1.54, 1.807) is 18.7 Å². The van der Waals surface area contributed by atoms with E-state index in [0.717, 1.165) is 29.2 Å². The Morgan fingerprint density at radius 1 is 1.35 bits per heavy atom. The van der Waals surface area contributed by atoms with Crippen molar-refractivity contribution in [2.24, 2.45) is 0 Å². The molecule has 0 bridgehead atoms. The van der Waals surface area contributed by atoms with E-state index in [2.05, 4.69) is 15.4 Å². The average Bonchev–Trinajstić information content (AvgIpc) is 3.01. The van der Waals surface area contributed by atoms with Gasteiger partial charge < -0.3 is 27.2 Å². The van der Waals surface area contributed by atoms with Gasteiger partial charge in [-0.25, -0.2) is 4.79 Å². The van der Waals surface area contributed by atoms with E-state index in [1.165, 1.54) is 5.57 Å². The number of esters is 1. The quantitative estimate of drug-likeness (QED) is 0.213. The molecule has 0 aromatic carbocycles. The van der Waals surface area contributed by atoms with Crippen molar-refractivity contribution < 1.29 is 34.4 Å². The Hall–Kier alpha value is -0.941. The molecule has 1 rings (SSSR count). The monoisotopic (exact) mass is 439 g/mol. The van der Waals surface area contributed by atoms with Gasteiger partial charge in [-0.3, -0.25) is 4.79 Å². The molecule has 2 N–H and O–H groups in total. The molecule has 6 nitrogen and oxygen atoms in total. The zero-order valence-corrected chi connectivity index (χ0v) is 16.6. The van der Waals surface area contributed by atoms with Gasteiger partial charge in [-0.05, 0) is 38.0 Å². The number of nitrogens with zero attached hydrogens (tertiary/aromatic N) is 1. The Balaban J connectivity index is 0. The molecule has 0 saturated heterocycles. The fourth-order valence-corrected chi connectivity index (χ4v) is 2.64. The van der Waals surface area contributed by atoms with Gasteiger partial charge in [0.2, 0.25) is 0 Å². The predicted molar refractivity (Wildman–Crippen MR) is 89.6 cm³/mol. The topological polar surface area (TPSA) is 91.2 Å². The van der Waals surface area contributed by atoms with Crippen molar-refractivity contribution in [1.82, 2.24) is 10.6 Å². The zero-order valence-electron chi connectivity index (χ0n) is 13.1. The maximum atomic E-state index is 11.3. The summed E-state index contributed by atoms with van der Waals surface area (Å²) in [6.45, 7) is 7.56. The number of allylic oxidation sites excluding steroid dienone is 1. The van der Waals surface area contributed by atoms with Gasteiger partial charge in [0.1, 0.15) is 0 Å². The molecule has 23 heavy (non-hydrogen) atoms. The van der Waals surface area contributed by atoms with E-state index in [1.807, 2.05) is 6.26 Å². The third-order valence-corrected chi connectivity index (χ3v) is 4.22. The van der Waals surface area contributed by atoms with Crippen molar-refractivity contribution in [1.29, 1.82) is 5.26 Å². The third kappa shape index (κ3) is 9.06. The molecule has 0 aromatic rings. The van der Waals surface area contributed by atoms with Gasteiger partial charge in [0, 0.05) is 18.8 Å². The second-order valence-electron chi connectivity index (χ2n) is 4.21. The predicted octanol–water partition coefficient (Wildman–Crippen LogP) is 1.48. The second-order valence-corrected chi connectivity index (χ2v) is 5.69. The van der Waals surface area contributed by atoms with E-state index in [4.69, 9.17) is 24.1 Å². The molecule has 0 unspecified atom stereocenters. The first-order valence-electron chi connectivity index (χ1n) is 6.81. The Bertz CT molecular complexity index is 467. The summed E-state index contributed by atoms with van der Waals surface area (Å²) in [5, 5.41) is 12.0. The molecule has 0 saturated carbocycles. The van der Waals surface area contributed by atoms with Crippen LogP contribution in [0, 0.1) is 11.8 Å². The molecule has 0 heterocycles. The van der Waals surface area contributed by atoms with Crippen LogP contribution in [0.1, 0.15) is 26.2 Å². The Morgan fingerprint density at radius 3 is 2.57 bits per heavy atom. The number of carbonyl (C=O) groups excluding carboxylic acids is 2. The zero-order chi connectivity index (χ0) is 17.0. The molecule has 0 aromatic heterocycles. The minimum absolute atomic E-state index is 0. The molecule has 9 heteroatoms. The van der Waals surface area contributed by atoms with Gasteiger partial charge in [0.25, 0.3) is 0 Å². The van der Waals surface area contributed by atoms with Crippen LogP contribution in [0.25, 0.3) is 0 Å². The van der Waals surface area contributed by atoms with Crippen molar-refractivity contribution in [2.45, 2.75) is 26.2 Å². The van der Waals surface area contributed by atoms with E-state index in [-0.39, 0.29) is 26.7 Å². The fraction of sp³-hybridized carbons (Fsp3) is 0.571. The number of hydrogen-bond acceptors (Lipinski definition) is 7. The summed E-state index contributed by atoms with van der Waals surface area (Å²) in [7, 11) is 0. The van der Waals surface area contributed by atoms with Gasteiger partial charge in [0.05, 0.1) is 10.8 Å². The van der Waals surface area contributed by atoms with E-state index >= 15 is 0 Å². The SMILES string of the molecule is CCOC(=O)C(=O)NCCNC1=C(C(=S)SC)CCC1.[C-]#N.[Tc+4]. The summed E-state index contributed by atoms with van der Waals surface area (Å²) in [4.78, 5) is 22.4. The van der Waals surface area contributed by atoms with Crippen molar-refractivity contribution in [3.05, 3.63) is 17.8 Å². The van der Waals surface area contributed by atoms with Gasteiger partial charge >= 0.3 is 32.0 Å². The first-order chi connectivity index (χ1) is 10.6. The maximum absolute atomic E-state index is 11.3. The molecule has 1 aliphatic carbocycles. The van der Waals surface area contributed by atoms with E-state index in [0.29, 0.717) is 13.1 Å². The number of carbonyl (C=O) groups is 2. The Labute approximate surface area is 160 Å². The molecular weight excluding hydrogens is 420 g/mol. The molecule has 1 aliphatic rings. The molecular formula is C14H20N3O3S2Tc+3. The number of hydrogen-bond donors (Lipinski definition) is 2. The number of thioether (sulfide) groups is 1. The standard InChI is InChI=1S/C13H20N2O3S2.CN.Tc/c1-3-18-12(17)11(16)15-8-7-14-10-6-4-5-9(10)13(19)20-2;1-2;/h14H,3-8H2,1-2H3,(H,15,16);;/q;-1;+4. The molecule has 1 amide bonds. The van der Waals surface area contributed by atoms with Gasteiger partial charge in [-0.1, -0.05) is 12.2 Å². The average molecular weight is 440 g/mol. The number of nitrogens with one attached hydrogen (secondary N) is 2. The summed E-state index contributed by atoms with van der Waals surface area (Å²) < 4.78 is 5.53. The van der Waals surface area contributed by atoms with Crippen LogP contribution in [-0.4, -0.2) is 42.0 Å². The first kappa shape index (κ1) is 24.3. The van der Waals surface area contributed by atoms with Crippen LogP contribution >= 0.6 is 24.0 Å². The molecule has 1 radical (unpaired) electrons. The van der Waals surface area contributed by atoms with Crippen molar-refractivity contribution in [3.8, 4) is 0 Å². The van der Waals surface area contributed by atoms with Crippen LogP contribution in [0.2, 0.25) is 0 Å². The largest absolute Gasteiger partial charge is 4.00 e. The Morgan fingerprint density at radius 2 is 2.00 bits per heavy atom. The van der Waals surface area contributed by atoms with Crippen LogP contribution in [0.15, 0.2) is 11.3 Å².